The molecule has 2 aromatic rings. The maximum Gasteiger partial charge on any atom is 0.162 e. The first-order valence-corrected chi connectivity index (χ1v) is 7.84. The molecule has 0 atom stereocenters. The van der Waals surface area contributed by atoms with Gasteiger partial charge in [0.05, 0.1) is 5.56 Å². The van der Waals surface area contributed by atoms with Gasteiger partial charge in [-0.25, -0.2) is 14.4 Å². The standard InChI is InChI=1S/C18H23FN2/c1-3-5-6-8-15-12-20-18(21-13-15)16-10-9-14(7-4-2)11-17(16)19/h9-13H,3-8H2,1-2H3. The highest BCUT2D eigenvalue weighted by Crippen LogP contribution is 2.21. The number of benzene rings is 1. The maximum atomic E-state index is 14.1. The van der Waals surface area contributed by atoms with Gasteiger partial charge in [0.2, 0.25) is 0 Å². The molecular formula is C18H23FN2. The minimum Gasteiger partial charge on any atom is -0.236 e. The van der Waals surface area contributed by atoms with Gasteiger partial charge >= 0.3 is 0 Å². The predicted octanol–water partition coefficient (Wildman–Crippen LogP) is 4.97. The second-order valence-electron chi connectivity index (χ2n) is 5.44. The Labute approximate surface area is 126 Å². The lowest BCUT2D eigenvalue weighted by Gasteiger charge is -2.06. The van der Waals surface area contributed by atoms with Crippen LogP contribution in [0, 0.1) is 5.82 Å². The zero-order valence-corrected chi connectivity index (χ0v) is 12.9. The number of unbranched alkanes of at least 4 members (excludes halogenated alkanes) is 2. The fraction of sp³-hybridized carbons (Fsp3) is 0.444. The van der Waals surface area contributed by atoms with E-state index in [0.717, 1.165) is 36.8 Å². The van der Waals surface area contributed by atoms with Crippen LogP contribution in [-0.2, 0) is 12.8 Å². The Balaban J connectivity index is 2.11. The van der Waals surface area contributed by atoms with E-state index in [1.165, 1.54) is 12.8 Å². The minimum atomic E-state index is -0.236. The van der Waals surface area contributed by atoms with Gasteiger partial charge in [-0.2, -0.15) is 0 Å². The molecule has 0 fully saturated rings. The third-order valence-corrected chi connectivity index (χ3v) is 3.59. The molecule has 0 aliphatic rings. The number of aryl methyl sites for hydroxylation is 2. The largest absolute Gasteiger partial charge is 0.236 e. The molecule has 3 heteroatoms. The normalized spacial score (nSPS) is 10.8. The van der Waals surface area contributed by atoms with Crippen LogP contribution in [0.5, 0.6) is 0 Å². The zero-order valence-electron chi connectivity index (χ0n) is 12.9. The lowest BCUT2D eigenvalue weighted by molar-refractivity contribution is 0.627. The second kappa shape index (κ2) is 7.87. The number of hydrogen-bond donors (Lipinski definition) is 0. The molecule has 1 aromatic heterocycles. The van der Waals surface area contributed by atoms with Crippen LogP contribution in [0.15, 0.2) is 30.6 Å². The van der Waals surface area contributed by atoms with Crippen molar-refractivity contribution in [2.45, 2.75) is 52.4 Å². The Morgan fingerprint density at radius 1 is 0.905 bits per heavy atom. The third-order valence-electron chi connectivity index (χ3n) is 3.59. The summed E-state index contributed by atoms with van der Waals surface area (Å²) in [5.41, 5.74) is 2.63. The molecule has 21 heavy (non-hydrogen) atoms. The van der Waals surface area contributed by atoms with Crippen molar-refractivity contribution in [3.63, 3.8) is 0 Å². The molecule has 1 heterocycles. The molecule has 0 N–H and O–H groups in total. The van der Waals surface area contributed by atoms with E-state index < -0.39 is 0 Å². The number of nitrogens with zero attached hydrogens (tertiary/aromatic N) is 2. The molecule has 0 saturated carbocycles. The molecule has 0 saturated heterocycles. The second-order valence-corrected chi connectivity index (χ2v) is 5.44. The highest BCUT2D eigenvalue weighted by molar-refractivity contribution is 5.56. The lowest BCUT2D eigenvalue weighted by Crippen LogP contribution is -1.96. The van der Waals surface area contributed by atoms with Crippen LogP contribution in [0.1, 0.15) is 50.7 Å². The van der Waals surface area contributed by atoms with E-state index >= 15 is 0 Å². The van der Waals surface area contributed by atoms with Gasteiger partial charge in [-0.15, -0.1) is 0 Å². The summed E-state index contributed by atoms with van der Waals surface area (Å²) >= 11 is 0. The molecule has 112 valence electrons. The molecule has 0 unspecified atom stereocenters. The first kappa shape index (κ1) is 15.6. The Hall–Kier alpha value is -1.77. The molecule has 0 aliphatic carbocycles. The van der Waals surface area contributed by atoms with Gasteiger partial charge in [-0.3, -0.25) is 0 Å². The van der Waals surface area contributed by atoms with E-state index in [1.54, 1.807) is 12.1 Å². The Kier molecular flexibility index (Phi) is 5.85. The van der Waals surface area contributed by atoms with Crippen molar-refractivity contribution in [2.75, 3.05) is 0 Å². The maximum absolute atomic E-state index is 14.1. The van der Waals surface area contributed by atoms with Gasteiger partial charge in [-0.1, -0.05) is 39.2 Å². The van der Waals surface area contributed by atoms with Crippen molar-refractivity contribution >= 4 is 0 Å². The molecule has 2 rings (SSSR count). The van der Waals surface area contributed by atoms with Crippen molar-refractivity contribution in [1.29, 1.82) is 0 Å². The van der Waals surface area contributed by atoms with E-state index in [-0.39, 0.29) is 5.82 Å². The van der Waals surface area contributed by atoms with Crippen LogP contribution >= 0.6 is 0 Å². The smallest absolute Gasteiger partial charge is 0.162 e. The third kappa shape index (κ3) is 4.35. The van der Waals surface area contributed by atoms with Crippen LogP contribution in [0.3, 0.4) is 0 Å². The summed E-state index contributed by atoms with van der Waals surface area (Å²) < 4.78 is 14.1. The molecule has 1 aromatic carbocycles. The predicted molar refractivity (Wildman–Crippen MR) is 84.7 cm³/mol. The molecule has 0 radical (unpaired) electrons. The van der Waals surface area contributed by atoms with Crippen molar-refractivity contribution in [2.24, 2.45) is 0 Å². The minimum absolute atomic E-state index is 0.236. The van der Waals surface area contributed by atoms with E-state index in [9.17, 15) is 4.39 Å². The van der Waals surface area contributed by atoms with Gasteiger partial charge in [0.15, 0.2) is 5.82 Å². The van der Waals surface area contributed by atoms with Gasteiger partial charge in [0.1, 0.15) is 5.82 Å². The van der Waals surface area contributed by atoms with Crippen LogP contribution < -0.4 is 0 Å². The summed E-state index contributed by atoms with van der Waals surface area (Å²) in [6.45, 7) is 4.27. The summed E-state index contributed by atoms with van der Waals surface area (Å²) in [7, 11) is 0. The van der Waals surface area contributed by atoms with E-state index in [0.29, 0.717) is 11.4 Å². The Bertz CT molecular complexity index is 564. The topological polar surface area (TPSA) is 25.8 Å². The Morgan fingerprint density at radius 2 is 1.67 bits per heavy atom. The highest BCUT2D eigenvalue weighted by atomic mass is 19.1. The first-order valence-electron chi connectivity index (χ1n) is 7.84. The summed E-state index contributed by atoms with van der Waals surface area (Å²) in [4.78, 5) is 8.63. The summed E-state index contributed by atoms with van der Waals surface area (Å²) in [5, 5.41) is 0. The van der Waals surface area contributed by atoms with Crippen molar-refractivity contribution in [1.82, 2.24) is 9.97 Å². The molecule has 0 amide bonds. The van der Waals surface area contributed by atoms with Crippen molar-refractivity contribution < 1.29 is 4.39 Å². The van der Waals surface area contributed by atoms with Gasteiger partial charge < -0.3 is 0 Å². The number of rotatable bonds is 7. The van der Waals surface area contributed by atoms with Crippen LogP contribution in [0.2, 0.25) is 0 Å². The van der Waals surface area contributed by atoms with Crippen LogP contribution in [-0.4, -0.2) is 9.97 Å². The first-order chi connectivity index (χ1) is 10.2. The molecule has 2 nitrogen and oxygen atoms in total. The Morgan fingerprint density at radius 3 is 2.29 bits per heavy atom. The van der Waals surface area contributed by atoms with Gasteiger partial charge in [0.25, 0.3) is 0 Å². The quantitative estimate of drug-likeness (QED) is 0.672. The SMILES string of the molecule is CCCCCc1cnc(-c2ccc(CCC)cc2F)nc1. The average molecular weight is 286 g/mol. The number of aromatic nitrogens is 2. The number of hydrogen-bond acceptors (Lipinski definition) is 2. The summed E-state index contributed by atoms with van der Waals surface area (Å²) in [6, 6.07) is 5.34. The van der Waals surface area contributed by atoms with Crippen LogP contribution in [0.25, 0.3) is 11.4 Å². The number of halogens is 1. The van der Waals surface area contributed by atoms with Crippen molar-refractivity contribution in [3.05, 3.63) is 47.5 Å². The fourth-order valence-corrected chi connectivity index (χ4v) is 2.39. The van der Waals surface area contributed by atoms with Crippen molar-refractivity contribution in [3.8, 4) is 11.4 Å². The van der Waals surface area contributed by atoms with E-state index in [1.807, 2.05) is 18.5 Å². The highest BCUT2D eigenvalue weighted by Gasteiger charge is 2.08. The van der Waals surface area contributed by atoms with Gasteiger partial charge in [-0.05, 0) is 42.5 Å². The molecule has 0 spiro atoms. The molecule has 0 bridgehead atoms. The average Bonchev–Trinajstić information content (AvgIpc) is 2.49. The summed E-state index contributed by atoms with van der Waals surface area (Å²) in [6.07, 6.45) is 10.1. The molecular weight excluding hydrogens is 263 g/mol. The van der Waals surface area contributed by atoms with E-state index in [2.05, 4.69) is 23.8 Å². The lowest BCUT2D eigenvalue weighted by atomic mass is 10.1. The monoisotopic (exact) mass is 286 g/mol. The molecule has 0 aliphatic heterocycles. The zero-order chi connectivity index (χ0) is 15.1. The summed E-state index contributed by atoms with van der Waals surface area (Å²) in [5.74, 6) is 0.231. The fourth-order valence-electron chi connectivity index (χ4n) is 2.39. The van der Waals surface area contributed by atoms with Gasteiger partial charge in [0, 0.05) is 12.4 Å². The van der Waals surface area contributed by atoms with E-state index in [4.69, 9.17) is 0 Å². The van der Waals surface area contributed by atoms with Crippen LogP contribution in [0.4, 0.5) is 4.39 Å².